The summed E-state index contributed by atoms with van der Waals surface area (Å²) in [4.78, 5) is 0. The summed E-state index contributed by atoms with van der Waals surface area (Å²) in [5.41, 5.74) is 5.14. The summed E-state index contributed by atoms with van der Waals surface area (Å²) in [5, 5.41) is 13.6. The second kappa shape index (κ2) is 5.18. The predicted octanol–water partition coefficient (Wildman–Crippen LogP) is 3.32. The first-order valence-electron chi connectivity index (χ1n) is 6.66. The maximum atomic E-state index is 9.22. The molecule has 0 saturated carbocycles. The van der Waals surface area contributed by atoms with E-state index in [1.807, 2.05) is 29.0 Å². The Hall–Kier alpha value is -2.60. The molecule has 3 nitrogen and oxygen atoms in total. The van der Waals surface area contributed by atoms with Crippen LogP contribution in [0.25, 0.3) is 6.08 Å². The number of rotatable bonds is 4. The Kier molecular flexibility index (Phi) is 3.22. The SMILES string of the molecule is C=CCC1=Cc2c(C#N)nn(Cc3ccccc3)c2C1. The number of fused-ring (bicyclic) bond motifs is 1. The van der Waals surface area contributed by atoms with Crippen LogP contribution in [0.2, 0.25) is 0 Å². The lowest BCUT2D eigenvalue weighted by Crippen LogP contribution is -2.06. The van der Waals surface area contributed by atoms with Gasteiger partial charge in [0.2, 0.25) is 0 Å². The van der Waals surface area contributed by atoms with Crippen LogP contribution in [0.1, 0.15) is 28.9 Å². The summed E-state index contributed by atoms with van der Waals surface area (Å²) < 4.78 is 1.95. The number of nitrogens with zero attached hydrogens (tertiary/aromatic N) is 3. The van der Waals surface area contributed by atoms with Crippen molar-refractivity contribution >= 4 is 6.08 Å². The Morgan fingerprint density at radius 1 is 1.35 bits per heavy atom. The minimum atomic E-state index is 0.523. The van der Waals surface area contributed by atoms with Gasteiger partial charge in [0.1, 0.15) is 6.07 Å². The summed E-state index contributed by atoms with van der Waals surface area (Å²) in [7, 11) is 0. The fourth-order valence-corrected chi connectivity index (χ4v) is 2.61. The van der Waals surface area contributed by atoms with Gasteiger partial charge in [-0.15, -0.1) is 6.58 Å². The van der Waals surface area contributed by atoms with Gasteiger partial charge in [0.05, 0.1) is 12.2 Å². The maximum Gasteiger partial charge on any atom is 0.170 e. The molecule has 98 valence electrons. The molecule has 0 amide bonds. The Labute approximate surface area is 118 Å². The molecule has 0 atom stereocenters. The van der Waals surface area contributed by atoms with Gasteiger partial charge in [-0.3, -0.25) is 4.68 Å². The van der Waals surface area contributed by atoms with E-state index in [0.717, 1.165) is 24.1 Å². The lowest BCUT2D eigenvalue weighted by molar-refractivity contribution is 0.651. The molecule has 0 spiro atoms. The Morgan fingerprint density at radius 2 is 2.15 bits per heavy atom. The first-order valence-corrected chi connectivity index (χ1v) is 6.66. The van der Waals surface area contributed by atoms with E-state index >= 15 is 0 Å². The van der Waals surface area contributed by atoms with Crippen molar-refractivity contribution in [2.24, 2.45) is 0 Å². The van der Waals surface area contributed by atoms with Crippen molar-refractivity contribution in [2.45, 2.75) is 19.4 Å². The summed E-state index contributed by atoms with van der Waals surface area (Å²) in [6.45, 7) is 4.48. The maximum absolute atomic E-state index is 9.22. The van der Waals surface area contributed by atoms with E-state index in [1.165, 1.54) is 11.1 Å². The van der Waals surface area contributed by atoms with E-state index in [1.54, 1.807) is 0 Å². The molecule has 1 aliphatic carbocycles. The van der Waals surface area contributed by atoms with Gasteiger partial charge in [-0.2, -0.15) is 10.4 Å². The van der Waals surface area contributed by atoms with E-state index in [0.29, 0.717) is 12.2 Å². The van der Waals surface area contributed by atoms with Crippen molar-refractivity contribution in [2.75, 3.05) is 0 Å². The topological polar surface area (TPSA) is 41.6 Å². The molecule has 0 fully saturated rings. The molecule has 3 heteroatoms. The highest BCUT2D eigenvalue weighted by molar-refractivity contribution is 5.66. The molecule has 3 rings (SSSR count). The van der Waals surface area contributed by atoms with Crippen molar-refractivity contribution in [3.05, 3.63) is 71.1 Å². The highest BCUT2D eigenvalue weighted by Crippen LogP contribution is 2.29. The van der Waals surface area contributed by atoms with Crippen LogP contribution in [-0.4, -0.2) is 9.78 Å². The lowest BCUT2D eigenvalue weighted by Gasteiger charge is -2.06. The lowest BCUT2D eigenvalue weighted by atomic mass is 10.1. The normalized spacial score (nSPS) is 12.7. The zero-order valence-corrected chi connectivity index (χ0v) is 11.2. The molecule has 2 aromatic rings. The average Bonchev–Trinajstić information content (AvgIpc) is 3.00. The van der Waals surface area contributed by atoms with Crippen LogP contribution in [0.3, 0.4) is 0 Å². The fraction of sp³-hybridized carbons (Fsp3) is 0.176. The van der Waals surface area contributed by atoms with E-state index in [-0.39, 0.29) is 0 Å². The molecule has 1 heterocycles. The van der Waals surface area contributed by atoms with Gasteiger partial charge in [-0.25, -0.2) is 0 Å². The number of nitriles is 1. The van der Waals surface area contributed by atoms with Crippen molar-refractivity contribution in [3.8, 4) is 6.07 Å². The summed E-state index contributed by atoms with van der Waals surface area (Å²) in [5.74, 6) is 0. The number of benzene rings is 1. The Morgan fingerprint density at radius 3 is 2.85 bits per heavy atom. The Balaban J connectivity index is 1.94. The largest absolute Gasteiger partial charge is 0.263 e. The molecule has 0 unspecified atom stereocenters. The van der Waals surface area contributed by atoms with Gasteiger partial charge in [0.15, 0.2) is 5.69 Å². The second-order valence-electron chi connectivity index (χ2n) is 4.94. The van der Waals surface area contributed by atoms with Crippen molar-refractivity contribution in [1.82, 2.24) is 9.78 Å². The van der Waals surface area contributed by atoms with Crippen molar-refractivity contribution < 1.29 is 0 Å². The van der Waals surface area contributed by atoms with E-state index in [2.05, 4.69) is 36.0 Å². The zero-order valence-electron chi connectivity index (χ0n) is 11.2. The average molecular weight is 261 g/mol. The third kappa shape index (κ3) is 2.17. The Bertz CT molecular complexity index is 715. The summed E-state index contributed by atoms with van der Waals surface area (Å²) >= 11 is 0. The minimum absolute atomic E-state index is 0.523. The first kappa shape index (κ1) is 12.4. The monoisotopic (exact) mass is 261 g/mol. The van der Waals surface area contributed by atoms with Gasteiger partial charge in [-0.05, 0) is 12.0 Å². The van der Waals surface area contributed by atoms with Crippen LogP contribution in [0.15, 0.2) is 48.6 Å². The van der Waals surface area contributed by atoms with Crippen LogP contribution >= 0.6 is 0 Å². The third-order valence-electron chi connectivity index (χ3n) is 3.53. The molecular formula is C17H15N3. The number of hydrogen-bond donors (Lipinski definition) is 0. The molecule has 1 aromatic carbocycles. The smallest absolute Gasteiger partial charge is 0.170 e. The minimum Gasteiger partial charge on any atom is -0.263 e. The molecule has 0 bridgehead atoms. The molecule has 1 aromatic heterocycles. The first-order chi connectivity index (χ1) is 9.81. The summed E-state index contributed by atoms with van der Waals surface area (Å²) in [6, 6.07) is 12.4. The quantitative estimate of drug-likeness (QED) is 0.792. The second-order valence-corrected chi connectivity index (χ2v) is 4.94. The predicted molar refractivity (Wildman–Crippen MR) is 79.0 cm³/mol. The number of aromatic nitrogens is 2. The molecule has 0 N–H and O–H groups in total. The summed E-state index contributed by atoms with van der Waals surface area (Å²) in [6.07, 6.45) is 5.72. The van der Waals surface area contributed by atoms with Gasteiger partial charge < -0.3 is 0 Å². The van der Waals surface area contributed by atoms with E-state index in [9.17, 15) is 5.26 Å². The third-order valence-corrected chi connectivity index (χ3v) is 3.53. The van der Waals surface area contributed by atoms with Crippen LogP contribution in [-0.2, 0) is 13.0 Å². The highest BCUT2D eigenvalue weighted by Gasteiger charge is 2.22. The molecule has 1 aliphatic rings. The fourth-order valence-electron chi connectivity index (χ4n) is 2.61. The van der Waals surface area contributed by atoms with Gasteiger partial charge in [0.25, 0.3) is 0 Å². The van der Waals surface area contributed by atoms with Gasteiger partial charge >= 0.3 is 0 Å². The van der Waals surface area contributed by atoms with Crippen molar-refractivity contribution in [3.63, 3.8) is 0 Å². The molecule has 20 heavy (non-hydrogen) atoms. The van der Waals surface area contributed by atoms with Crippen molar-refractivity contribution in [1.29, 1.82) is 5.26 Å². The highest BCUT2D eigenvalue weighted by atomic mass is 15.3. The number of hydrogen-bond acceptors (Lipinski definition) is 2. The number of allylic oxidation sites excluding steroid dienone is 2. The van der Waals surface area contributed by atoms with E-state index < -0.39 is 0 Å². The van der Waals surface area contributed by atoms with Crippen LogP contribution in [0, 0.1) is 11.3 Å². The van der Waals surface area contributed by atoms with E-state index in [4.69, 9.17) is 0 Å². The molecular weight excluding hydrogens is 246 g/mol. The standard InChI is InChI=1S/C17H15N3/c1-2-6-14-9-15-16(11-18)19-20(17(15)10-14)12-13-7-4-3-5-8-13/h2-5,7-9H,1,6,10,12H2. The zero-order chi connectivity index (χ0) is 13.9. The van der Waals surface area contributed by atoms with Gasteiger partial charge in [0, 0.05) is 12.0 Å². The van der Waals surface area contributed by atoms with Crippen LogP contribution < -0.4 is 0 Å². The molecule has 0 radical (unpaired) electrons. The van der Waals surface area contributed by atoms with Crippen LogP contribution in [0.5, 0.6) is 0 Å². The molecule has 0 aliphatic heterocycles. The van der Waals surface area contributed by atoms with Gasteiger partial charge in [-0.1, -0.05) is 48.1 Å². The molecule has 0 saturated heterocycles. The van der Waals surface area contributed by atoms with Crippen LogP contribution in [0.4, 0.5) is 0 Å².